The second kappa shape index (κ2) is 5.39. The molecule has 0 aromatic carbocycles. The van der Waals surface area contributed by atoms with Crippen LogP contribution in [0.4, 0.5) is 0 Å². The molecule has 88 valence electrons. The molecule has 1 saturated heterocycles. The molecule has 2 heterocycles. The molecule has 3 nitrogen and oxygen atoms in total. The minimum atomic E-state index is 0.00396. The van der Waals surface area contributed by atoms with Crippen molar-refractivity contribution in [3.05, 3.63) is 24.2 Å². The molecule has 1 aromatic heterocycles. The lowest BCUT2D eigenvalue weighted by molar-refractivity contribution is 0.0639. The van der Waals surface area contributed by atoms with Crippen LogP contribution in [0.15, 0.2) is 22.8 Å². The molecule has 1 aromatic rings. The predicted octanol–water partition coefficient (Wildman–Crippen LogP) is 2.76. The van der Waals surface area contributed by atoms with E-state index in [2.05, 4.69) is 0 Å². The van der Waals surface area contributed by atoms with E-state index in [0.717, 1.165) is 25.9 Å². The Morgan fingerprint density at radius 2 is 2.50 bits per heavy atom. The summed E-state index contributed by atoms with van der Waals surface area (Å²) in [5, 5.41) is 0. The molecular formula is C12H16ClNO2. The Bertz CT molecular complexity index is 335. The van der Waals surface area contributed by atoms with Gasteiger partial charge >= 0.3 is 0 Å². The molecule has 1 amide bonds. The third kappa shape index (κ3) is 2.59. The topological polar surface area (TPSA) is 33.5 Å². The van der Waals surface area contributed by atoms with Crippen LogP contribution in [0.25, 0.3) is 0 Å². The zero-order valence-corrected chi connectivity index (χ0v) is 9.95. The van der Waals surface area contributed by atoms with Crippen molar-refractivity contribution in [2.45, 2.75) is 19.3 Å². The van der Waals surface area contributed by atoms with E-state index >= 15 is 0 Å². The molecular weight excluding hydrogens is 226 g/mol. The zero-order chi connectivity index (χ0) is 11.4. The number of hydrogen-bond acceptors (Lipinski definition) is 2. The van der Waals surface area contributed by atoms with E-state index in [1.54, 1.807) is 12.1 Å². The number of rotatable bonds is 3. The smallest absolute Gasteiger partial charge is 0.289 e. The maximum atomic E-state index is 12.0. The molecule has 16 heavy (non-hydrogen) atoms. The summed E-state index contributed by atoms with van der Waals surface area (Å²) in [6, 6.07) is 3.46. The Morgan fingerprint density at radius 3 is 3.19 bits per heavy atom. The fourth-order valence-corrected chi connectivity index (χ4v) is 2.50. The van der Waals surface area contributed by atoms with Crippen LogP contribution in [0, 0.1) is 5.92 Å². The van der Waals surface area contributed by atoms with Gasteiger partial charge in [-0.1, -0.05) is 0 Å². The summed E-state index contributed by atoms with van der Waals surface area (Å²) in [5.74, 6) is 1.66. The molecule has 0 bridgehead atoms. The van der Waals surface area contributed by atoms with E-state index in [9.17, 15) is 4.79 Å². The molecule has 0 N–H and O–H groups in total. The van der Waals surface area contributed by atoms with Crippen molar-refractivity contribution >= 4 is 17.5 Å². The van der Waals surface area contributed by atoms with Gasteiger partial charge in [-0.3, -0.25) is 4.79 Å². The fourth-order valence-electron chi connectivity index (χ4n) is 2.20. The number of carbonyl (C=O) groups is 1. The van der Waals surface area contributed by atoms with E-state index in [0.29, 0.717) is 17.6 Å². The average Bonchev–Trinajstić information content (AvgIpc) is 2.82. The second-order valence-electron chi connectivity index (χ2n) is 4.21. The van der Waals surface area contributed by atoms with Crippen molar-refractivity contribution < 1.29 is 9.21 Å². The largest absolute Gasteiger partial charge is 0.459 e. The number of halogens is 1. The lowest BCUT2D eigenvalue weighted by Crippen LogP contribution is -2.39. The van der Waals surface area contributed by atoms with Crippen molar-refractivity contribution in [2.24, 2.45) is 5.92 Å². The van der Waals surface area contributed by atoms with Gasteiger partial charge in [-0.05, 0) is 37.3 Å². The Balaban J connectivity index is 1.96. The van der Waals surface area contributed by atoms with Crippen LogP contribution in [0.2, 0.25) is 0 Å². The Hall–Kier alpha value is -0.960. The third-order valence-corrected chi connectivity index (χ3v) is 3.27. The molecule has 1 aliphatic heterocycles. The number of furan rings is 1. The number of alkyl halides is 1. The molecule has 1 fully saturated rings. The van der Waals surface area contributed by atoms with Gasteiger partial charge in [-0.2, -0.15) is 0 Å². The third-order valence-electron chi connectivity index (χ3n) is 3.06. The van der Waals surface area contributed by atoms with Gasteiger partial charge < -0.3 is 9.32 Å². The van der Waals surface area contributed by atoms with Gasteiger partial charge in [0, 0.05) is 19.0 Å². The van der Waals surface area contributed by atoms with E-state index < -0.39 is 0 Å². The summed E-state index contributed by atoms with van der Waals surface area (Å²) < 4.78 is 5.13. The first-order valence-electron chi connectivity index (χ1n) is 5.70. The molecule has 1 unspecified atom stereocenters. The number of likely N-dealkylation sites (tertiary alicyclic amines) is 1. The van der Waals surface area contributed by atoms with Gasteiger partial charge in [0.1, 0.15) is 0 Å². The average molecular weight is 242 g/mol. The van der Waals surface area contributed by atoms with Gasteiger partial charge in [-0.15, -0.1) is 11.6 Å². The van der Waals surface area contributed by atoms with Crippen molar-refractivity contribution in [3.8, 4) is 0 Å². The first-order chi connectivity index (χ1) is 7.81. The van der Waals surface area contributed by atoms with Gasteiger partial charge in [0.05, 0.1) is 6.26 Å². The molecule has 0 radical (unpaired) electrons. The number of hydrogen-bond donors (Lipinski definition) is 0. The second-order valence-corrected chi connectivity index (χ2v) is 4.59. The Morgan fingerprint density at radius 1 is 1.62 bits per heavy atom. The summed E-state index contributed by atoms with van der Waals surface area (Å²) in [4.78, 5) is 13.9. The predicted molar refractivity (Wildman–Crippen MR) is 62.7 cm³/mol. The van der Waals surface area contributed by atoms with Crippen LogP contribution in [-0.2, 0) is 0 Å². The summed E-state index contributed by atoms with van der Waals surface area (Å²) in [7, 11) is 0. The fraction of sp³-hybridized carbons (Fsp3) is 0.583. The number of piperidine rings is 1. The van der Waals surface area contributed by atoms with E-state index in [1.165, 1.54) is 12.7 Å². The molecule has 0 aliphatic carbocycles. The molecule has 4 heteroatoms. The van der Waals surface area contributed by atoms with Crippen LogP contribution >= 0.6 is 11.6 Å². The van der Waals surface area contributed by atoms with Crippen molar-refractivity contribution in [3.63, 3.8) is 0 Å². The van der Waals surface area contributed by atoms with E-state index in [4.69, 9.17) is 16.0 Å². The maximum absolute atomic E-state index is 12.0. The van der Waals surface area contributed by atoms with Crippen LogP contribution < -0.4 is 0 Å². The number of carbonyl (C=O) groups excluding carboxylic acids is 1. The highest BCUT2D eigenvalue weighted by Gasteiger charge is 2.25. The maximum Gasteiger partial charge on any atom is 0.289 e. The summed E-state index contributed by atoms with van der Waals surface area (Å²) in [5.41, 5.74) is 0. The Labute approximate surface area is 100 Å². The van der Waals surface area contributed by atoms with Gasteiger partial charge in [-0.25, -0.2) is 0 Å². The minimum absolute atomic E-state index is 0.00396. The number of amides is 1. The molecule has 2 rings (SSSR count). The van der Waals surface area contributed by atoms with Crippen LogP contribution in [-0.4, -0.2) is 29.8 Å². The highest BCUT2D eigenvalue weighted by Crippen LogP contribution is 2.21. The zero-order valence-electron chi connectivity index (χ0n) is 9.19. The quantitative estimate of drug-likeness (QED) is 0.763. The van der Waals surface area contributed by atoms with Crippen molar-refractivity contribution in [1.82, 2.24) is 4.90 Å². The van der Waals surface area contributed by atoms with Crippen LogP contribution in [0.3, 0.4) is 0 Å². The highest BCUT2D eigenvalue weighted by atomic mass is 35.5. The first kappa shape index (κ1) is 11.5. The van der Waals surface area contributed by atoms with Crippen molar-refractivity contribution in [2.75, 3.05) is 19.0 Å². The summed E-state index contributed by atoms with van der Waals surface area (Å²) >= 11 is 5.74. The summed E-state index contributed by atoms with van der Waals surface area (Å²) in [6.45, 7) is 1.64. The van der Waals surface area contributed by atoms with E-state index in [-0.39, 0.29) is 5.91 Å². The SMILES string of the molecule is O=C(c1ccco1)N1CCCC(CCCl)C1. The summed E-state index contributed by atoms with van der Waals surface area (Å²) in [6.07, 6.45) is 4.76. The minimum Gasteiger partial charge on any atom is -0.459 e. The monoisotopic (exact) mass is 241 g/mol. The van der Waals surface area contributed by atoms with Crippen LogP contribution in [0.1, 0.15) is 29.8 Å². The lowest BCUT2D eigenvalue weighted by Gasteiger charge is -2.31. The van der Waals surface area contributed by atoms with Gasteiger partial charge in [0.25, 0.3) is 5.91 Å². The molecule has 1 aliphatic rings. The van der Waals surface area contributed by atoms with Gasteiger partial charge in [0.15, 0.2) is 5.76 Å². The lowest BCUT2D eigenvalue weighted by atomic mass is 9.95. The number of nitrogens with zero attached hydrogens (tertiary/aromatic N) is 1. The first-order valence-corrected chi connectivity index (χ1v) is 6.23. The van der Waals surface area contributed by atoms with Gasteiger partial charge in [0.2, 0.25) is 0 Å². The molecule has 0 saturated carbocycles. The standard InChI is InChI=1S/C12H16ClNO2/c13-6-5-10-3-1-7-14(9-10)12(15)11-4-2-8-16-11/h2,4,8,10H,1,3,5-7,9H2. The molecule has 0 spiro atoms. The van der Waals surface area contributed by atoms with Crippen LogP contribution in [0.5, 0.6) is 0 Å². The highest BCUT2D eigenvalue weighted by molar-refractivity contribution is 6.17. The normalized spacial score (nSPS) is 21.1. The molecule has 1 atom stereocenters. The van der Waals surface area contributed by atoms with E-state index in [1.807, 2.05) is 4.90 Å². The van der Waals surface area contributed by atoms with Crippen molar-refractivity contribution in [1.29, 1.82) is 0 Å². The Kier molecular flexibility index (Phi) is 3.88.